The molecule has 6 aliphatic rings. The van der Waals surface area contributed by atoms with Crippen LogP contribution in [0.2, 0.25) is 0 Å². The molecule has 0 saturated heterocycles. The van der Waals surface area contributed by atoms with E-state index in [2.05, 4.69) is 20.8 Å². The van der Waals surface area contributed by atoms with Crippen molar-refractivity contribution in [2.24, 2.45) is 46.7 Å². The van der Waals surface area contributed by atoms with Crippen molar-refractivity contribution in [3.63, 3.8) is 0 Å². The molecule has 244 valence electrons. The first-order chi connectivity index (χ1) is 20.8. The molecule has 12 heteroatoms. The van der Waals surface area contributed by atoms with Crippen molar-refractivity contribution >= 4 is 17.5 Å². The fourth-order valence-electron chi connectivity index (χ4n) is 10.2. The van der Waals surface area contributed by atoms with Crippen molar-refractivity contribution in [3.05, 3.63) is 51.0 Å². The fourth-order valence-corrected chi connectivity index (χ4v) is 10.2. The van der Waals surface area contributed by atoms with Crippen molar-refractivity contribution in [2.75, 3.05) is 13.6 Å². The number of nitrogens with zero attached hydrogens (tertiary/aromatic N) is 1. The number of amides is 1. The van der Waals surface area contributed by atoms with Gasteiger partial charge >= 0.3 is 6.18 Å². The van der Waals surface area contributed by atoms with E-state index in [1.54, 1.807) is 7.05 Å². The minimum Gasteiger partial charge on any atom is -0.511 e. The van der Waals surface area contributed by atoms with Gasteiger partial charge in [-0.3, -0.25) is 14.4 Å². The first kappa shape index (κ1) is 31.6. The summed E-state index contributed by atoms with van der Waals surface area (Å²) in [6.07, 6.45) is -3.91. The number of hydrogen-bond acceptors (Lipinski definition) is 8. The summed E-state index contributed by atoms with van der Waals surface area (Å²) >= 11 is 0. The number of aliphatic hydroxyl groups excluding tert-OH is 2. The minimum absolute atomic E-state index is 0.116. The number of nitrogens with two attached hydrogens (primary N) is 1. The van der Waals surface area contributed by atoms with Crippen LogP contribution in [-0.2, 0) is 28.7 Å². The Morgan fingerprint density at radius 2 is 1.80 bits per heavy atom. The van der Waals surface area contributed by atoms with Crippen LogP contribution in [0.5, 0.6) is 5.75 Å². The maximum absolute atomic E-state index is 14.8. The number of aliphatic hydroxyl groups is 3. The second-order valence-corrected chi connectivity index (χ2v) is 14.5. The number of alkyl halides is 3. The summed E-state index contributed by atoms with van der Waals surface area (Å²) in [5.41, 5.74) is -1.05. The normalized spacial score (nSPS) is 33.9. The predicted octanol–water partition coefficient (Wildman–Crippen LogP) is 4.35. The molecule has 6 aliphatic carbocycles. The van der Waals surface area contributed by atoms with E-state index in [1.165, 1.54) is 0 Å². The van der Waals surface area contributed by atoms with Gasteiger partial charge in [-0.05, 0) is 84.9 Å². The number of fused-ring (bicyclic) bond motifs is 5. The van der Waals surface area contributed by atoms with Crippen LogP contribution in [-0.4, -0.2) is 62.0 Å². The highest BCUT2D eigenvalue weighted by atomic mass is 19.4. The van der Waals surface area contributed by atoms with Crippen molar-refractivity contribution < 1.29 is 48.0 Å². The highest BCUT2D eigenvalue weighted by Crippen LogP contribution is 2.65. The number of carbonyl (C=O) groups is 3. The van der Waals surface area contributed by atoms with Crippen LogP contribution in [0.3, 0.4) is 0 Å². The number of hydrogen-bond donors (Lipinski definition) is 5. The molecular weight excluding hydrogens is 593 g/mol. The van der Waals surface area contributed by atoms with E-state index in [1.807, 2.05) is 4.90 Å². The monoisotopic (exact) mass is 632 g/mol. The fraction of sp³-hybridized carbons (Fsp3) is 0.606. The highest BCUT2D eigenvalue weighted by molar-refractivity contribution is 6.24. The Bertz CT molecular complexity index is 1590. The van der Waals surface area contributed by atoms with Crippen LogP contribution in [0.1, 0.15) is 73.5 Å². The summed E-state index contributed by atoms with van der Waals surface area (Å²) in [5.74, 6) is -6.66. The third-order valence-electron chi connectivity index (χ3n) is 11.8. The molecule has 0 aromatic heterocycles. The number of primary amides is 1. The van der Waals surface area contributed by atoms with Crippen molar-refractivity contribution in [2.45, 2.75) is 71.2 Å². The summed E-state index contributed by atoms with van der Waals surface area (Å²) in [6, 6.07) is 0.943. The number of aromatic hydroxyl groups is 1. The summed E-state index contributed by atoms with van der Waals surface area (Å²) in [7, 11) is 1.76. The summed E-state index contributed by atoms with van der Waals surface area (Å²) in [5, 5.41) is 43.9. The Kier molecular flexibility index (Phi) is 7.06. The molecule has 1 amide bonds. The Labute approximate surface area is 258 Å². The van der Waals surface area contributed by atoms with Crippen LogP contribution >= 0.6 is 0 Å². The van der Waals surface area contributed by atoms with Crippen LogP contribution in [0.15, 0.2) is 28.7 Å². The van der Waals surface area contributed by atoms with Crippen LogP contribution < -0.4 is 5.73 Å². The van der Waals surface area contributed by atoms with Gasteiger partial charge in [0.1, 0.15) is 22.8 Å². The van der Waals surface area contributed by atoms with Gasteiger partial charge in [-0.15, -0.1) is 0 Å². The zero-order chi connectivity index (χ0) is 33.1. The molecule has 2 bridgehead atoms. The van der Waals surface area contributed by atoms with Crippen molar-refractivity contribution in [1.29, 1.82) is 0 Å². The molecule has 3 saturated carbocycles. The largest absolute Gasteiger partial charge is 0.511 e. The lowest BCUT2D eigenvalue weighted by Gasteiger charge is -2.65. The number of phenolic OH excluding ortho intramolecular Hbond substituents is 1. The lowest BCUT2D eigenvalue weighted by atomic mass is 9.40. The molecular formula is C33H39F3N2O7. The Morgan fingerprint density at radius 3 is 2.38 bits per heavy atom. The van der Waals surface area contributed by atoms with E-state index >= 15 is 0 Å². The van der Waals surface area contributed by atoms with Crippen molar-refractivity contribution in [3.8, 4) is 5.75 Å². The summed E-state index contributed by atoms with van der Waals surface area (Å²) < 4.78 is 44.5. The zero-order valence-corrected chi connectivity index (χ0v) is 25.7. The van der Waals surface area contributed by atoms with Crippen LogP contribution in [0, 0.1) is 40.9 Å². The van der Waals surface area contributed by atoms with Gasteiger partial charge in [-0.25, -0.2) is 0 Å². The van der Waals surface area contributed by atoms with Gasteiger partial charge in [0, 0.05) is 31.0 Å². The number of carbonyl (C=O) groups excluding carboxylic acids is 3. The maximum Gasteiger partial charge on any atom is 0.417 e. The lowest BCUT2D eigenvalue weighted by molar-refractivity contribution is -0.165. The van der Waals surface area contributed by atoms with Crippen LogP contribution in [0.4, 0.5) is 13.2 Å². The molecule has 1 aromatic carbocycles. The summed E-state index contributed by atoms with van der Waals surface area (Å²) in [6.45, 7) is 7.24. The molecule has 6 N–H and O–H groups in total. The average Bonchev–Trinajstić information content (AvgIpc) is 2.89. The second kappa shape index (κ2) is 10.1. The number of benzene rings is 1. The molecule has 7 rings (SSSR count). The number of ketones is 2. The molecule has 0 spiro atoms. The first-order valence-corrected chi connectivity index (χ1v) is 15.4. The van der Waals surface area contributed by atoms with Crippen LogP contribution in [0.25, 0.3) is 0 Å². The molecule has 45 heavy (non-hydrogen) atoms. The van der Waals surface area contributed by atoms with Gasteiger partial charge < -0.3 is 31.1 Å². The third kappa shape index (κ3) is 4.38. The zero-order valence-electron chi connectivity index (χ0n) is 25.7. The highest BCUT2D eigenvalue weighted by Gasteiger charge is 2.61. The lowest BCUT2D eigenvalue weighted by Crippen LogP contribution is -2.60. The smallest absolute Gasteiger partial charge is 0.417 e. The van der Waals surface area contributed by atoms with Crippen molar-refractivity contribution in [1.82, 2.24) is 4.90 Å². The van der Waals surface area contributed by atoms with E-state index in [0.717, 1.165) is 18.9 Å². The number of phenols is 1. The number of halogens is 3. The number of allylic oxidation sites excluding steroid dienone is 2. The van der Waals surface area contributed by atoms with Gasteiger partial charge in [0.25, 0.3) is 5.91 Å². The molecule has 0 heterocycles. The first-order valence-electron chi connectivity index (χ1n) is 15.4. The molecule has 9 nitrogen and oxygen atoms in total. The molecule has 3 fully saturated rings. The molecule has 7 atom stereocenters. The topological polar surface area (TPSA) is 161 Å². The molecule has 4 unspecified atom stereocenters. The Balaban J connectivity index is 1.37. The standard InChI is InChI=1S/C33H39F3N2O7/c1-13-19-6-5-14(25(13)31(19,2)3)11-38(4)12-16-9-20(39)23-18(26(16)33(34,35)36)8-15-7-17-10-21(40)24(30(37)44)29(43)32(17,45)28(42)22(15)27(23)41/h9,13-15,17,19,25,39-40,42,45H,5-8,10-12H2,1-4H3,(H2,37,44)/t13?,14-,15?,17-,19?,25?,32-/m0/s1. The van der Waals surface area contributed by atoms with Gasteiger partial charge in [0.05, 0.1) is 11.1 Å². The Hall–Kier alpha value is -3.38. The van der Waals surface area contributed by atoms with Gasteiger partial charge in [-0.2, -0.15) is 13.2 Å². The minimum atomic E-state index is -4.88. The second-order valence-electron chi connectivity index (χ2n) is 14.5. The third-order valence-corrected chi connectivity index (χ3v) is 11.8. The van der Waals surface area contributed by atoms with E-state index in [0.29, 0.717) is 30.2 Å². The summed E-state index contributed by atoms with van der Waals surface area (Å²) in [4.78, 5) is 40.5. The number of rotatable bonds is 5. The predicted molar refractivity (Wildman–Crippen MR) is 155 cm³/mol. The molecule has 1 aromatic rings. The quantitative estimate of drug-likeness (QED) is 0.300. The van der Waals surface area contributed by atoms with Gasteiger partial charge in [-0.1, -0.05) is 20.8 Å². The van der Waals surface area contributed by atoms with E-state index in [4.69, 9.17) is 5.73 Å². The van der Waals surface area contributed by atoms with E-state index in [-0.39, 0.29) is 23.9 Å². The van der Waals surface area contributed by atoms with Gasteiger partial charge in [0.2, 0.25) is 5.78 Å². The average molecular weight is 633 g/mol. The van der Waals surface area contributed by atoms with Gasteiger partial charge in [0.15, 0.2) is 11.4 Å². The SMILES string of the molecule is CC1C2CC[C@@H](CN(C)Cc3cc(O)c4c(c3C(F)(F)F)CC3C[C@H]5CC(O)=C(C(N)=O)C(=O)[C@@]5(O)C(O)=C3C4=O)C1C2(C)C. The molecule has 0 aliphatic heterocycles. The molecule has 0 radical (unpaired) electrons. The van der Waals surface area contributed by atoms with E-state index < -0.39 is 99.0 Å². The number of Topliss-reactive ketones (excluding diaryl/α,β-unsaturated/α-hetero) is 2. The maximum atomic E-state index is 14.8. The Morgan fingerprint density at radius 1 is 1.13 bits per heavy atom. The van der Waals surface area contributed by atoms with E-state index in [9.17, 15) is 48.0 Å².